The van der Waals surface area contributed by atoms with E-state index in [1.807, 2.05) is 24.3 Å². The molecule has 0 aliphatic carbocycles. The molecular weight excluding hydrogens is 172 g/mol. The summed E-state index contributed by atoms with van der Waals surface area (Å²) >= 11 is 5.71. The average Bonchev–Trinajstić information content (AvgIpc) is 2.03. The summed E-state index contributed by atoms with van der Waals surface area (Å²) < 4.78 is 0. The van der Waals surface area contributed by atoms with Gasteiger partial charge in [0.2, 0.25) is 0 Å². The second-order valence-electron chi connectivity index (χ2n) is 2.61. The van der Waals surface area contributed by atoms with Crippen LogP contribution >= 0.6 is 11.6 Å². The van der Waals surface area contributed by atoms with Crippen molar-refractivity contribution >= 4 is 17.4 Å². The third-order valence-electron chi connectivity index (χ3n) is 1.47. The van der Waals surface area contributed by atoms with E-state index in [0.717, 1.165) is 10.6 Å². The Balaban J connectivity index is 2.53. The summed E-state index contributed by atoms with van der Waals surface area (Å²) in [6.07, 6.45) is 0. The van der Waals surface area contributed by atoms with Crippen molar-refractivity contribution < 1.29 is 0 Å². The van der Waals surface area contributed by atoms with E-state index in [9.17, 15) is 0 Å². The van der Waals surface area contributed by atoms with Crippen LogP contribution in [0.4, 0.5) is 0 Å². The van der Waals surface area contributed by atoms with Crippen LogP contribution in [-0.4, -0.2) is 5.84 Å². The molecule has 0 aliphatic rings. The molecule has 0 unspecified atom stereocenters. The molecule has 0 radical (unpaired) electrons. The lowest BCUT2D eigenvalue weighted by Gasteiger charge is -2.03. The monoisotopic (exact) mass is 182 g/mol. The highest BCUT2D eigenvalue weighted by Gasteiger charge is 1.91. The first-order chi connectivity index (χ1) is 5.68. The summed E-state index contributed by atoms with van der Waals surface area (Å²) in [6.45, 7) is 2.41. The Morgan fingerprint density at radius 2 is 2.00 bits per heavy atom. The van der Waals surface area contributed by atoms with Crippen molar-refractivity contribution in [1.82, 2.24) is 5.32 Å². The van der Waals surface area contributed by atoms with Crippen LogP contribution in [0.2, 0.25) is 5.02 Å². The largest absolute Gasteiger partial charge is 0.370 e. The van der Waals surface area contributed by atoms with Gasteiger partial charge < -0.3 is 5.32 Å². The van der Waals surface area contributed by atoms with E-state index in [0.29, 0.717) is 12.4 Å². The molecule has 2 nitrogen and oxygen atoms in total. The number of hydrogen-bond donors (Lipinski definition) is 2. The summed E-state index contributed by atoms with van der Waals surface area (Å²) in [7, 11) is 0. The molecule has 0 amide bonds. The van der Waals surface area contributed by atoms with E-state index in [1.165, 1.54) is 0 Å². The predicted molar refractivity (Wildman–Crippen MR) is 51.7 cm³/mol. The summed E-state index contributed by atoms with van der Waals surface area (Å²) in [5.41, 5.74) is 1.13. The van der Waals surface area contributed by atoms with Crippen LogP contribution < -0.4 is 5.32 Å². The summed E-state index contributed by atoms with van der Waals surface area (Å²) in [5, 5.41) is 10.8. The van der Waals surface area contributed by atoms with Gasteiger partial charge in [0.05, 0.1) is 5.84 Å². The minimum absolute atomic E-state index is 0.477. The van der Waals surface area contributed by atoms with E-state index in [-0.39, 0.29) is 0 Å². The Morgan fingerprint density at radius 3 is 2.50 bits per heavy atom. The fourth-order valence-corrected chi connectivity index (χ4v) is 0.963. The number of halogens is 1. The molecule has 0 atom stereocenters. The Morgan fingerprint density at radius 1 is 1.42 bits per heavy atom. The summed E-state index contributed by atoms with van der Waals surface area (Å²) in [4.78, 5) is 0. The number of nitrogens with one attached hydrogen (secondary N) is 2. The van der Waals surface area contributed by atoms with Crippen LogP contribution in [0.3, 0.4) is 0 Å². The third kappa shape index (κ3) is 2.93. The van der Waals surface area contributed by atoms with Crippen molar-refractivity contribution in [2.45, 2.75) is 13.5 Å². The SMILES string of the molecule is CC(=N)NCc1ccc(Cl)cc1. The minimum Gasteiger partial charge on any atom is -0.370 e. The van der Waals surface area contributed by atoms with E-state index in [4.69, 9.17) is 17.0 Å². The molecule has 0 bridgehead atoms. The Bertz CT molecular complexity index is 266. The lowest BCUT2D eigenvalue weighted by Crippen LogP contribution is -2.17. The van der Waals surface area contributed by atoms with E-state index in [1.54, 1.807) is 6.92 Å². The van der Waals surface area contributed by atoms with Gasteiger partial charge in [-0.1, -0.05) is 23.7 Å². The molecule has 0 saturated heterocycles. The third-order valence-corrected chi connectivity index (χ3v) is 1.72. The minimum atomic E-state index is 0.477. The molecule has 1 rings (SSSR count). The van der Waals surface area contributed by atoms with Crippen LogP contribution in [0.5, 0.6) is 0 Å². The second kappa shape index (κ2) is 4.12. The molecule has 0 aliphatic heterocycles. The predicted octanol–water partition coefficient (Wildman–Crippen LogP) is 2.43. The second-order valence-corrected chi connectivity index (χ2v) is 3.04. The Hall–Kier alpha value is -1.02. The molecule has 0 heterocycles. The van der Waals surface area contributed by atoms with Gasteiger partial charge in [0.1, 0.15) is 0 Å². The Labute approximate surface area is 77.1 Å². The average molecular weight is 183 g/mol. The zero-order valence-electron chi connectivity index (χ0n) is 6.89. The van der Waals surface area contributed by atoms with Gasteiger partial charge in [-0.25, -0.2) is 0 Å². The van der Waals surface area contributed by atoms with Gasteiger partial charge in [-0.15, -0.1) is 0 Å². The van der Waals surface area contributed by atoms with Crippen molar-refractivity contribution in [2.75, 3.05) is 0 Å². The smallest absolute Gasteiger partial charge is 0.0902 e. The zero-order chi connectivity index (χ0) is 8.97. The molecule has 1 aromatic carbocycles. The molecule has 0 saturated carbocycles. The van der Waals surface area contributed by atoms with Crippen LogP contribution in [0.25, 0.3) is 0 Å². The maximum atomic E-state index is 7.15. The highest BCUT2D eigenvalue weighted by atomic mass is 35.5. The fraction of sp³-hybridized carbons (Fsp3) is 0.222. The van der Waals surface area contributed by atoms with Gasteiger partial charge in [-0.05, 0) is 24.6 Å². The van der Waals surface area contributed by atoms with Gasteiger partial charge in [0, 0.05) is 11.6 Å². The van der Waals surface area contributed by atoms with Crippen molar-refractivity contribution in [3.05, 3.63) is 34.9 Å². The topological polar surface area (TPSA) is 35.9 Å². The lowest BCUT2D eigenvalue weighted by molar-refractivity contribution is 0.902. The van der Waals surface area contributed by atoms with Gasteiger partial charge in [-0.3, -0.25) is 5.41 Å². The highest BCUT2D eigenvalue weighted by molar-refractivity contribution is 6.30. The standard InChI is InChI=1S/C9H11ClN2/c1-7(11)12-6-8-2-4-9(10)5-3-8/h2-5H,6H2,1H3,(H2,11,12). The number of benzene rings is 1. The Kier molecular flexibility index (Phi) is 3.11. The van der Waals surface area contributed by atoms with E-state index in [2.05, 4.69) is 5.32 Å². The van der Waals surface area contributed by atoms with Crippen molar-refractivity contribution in [2.24, 2.45) is 0 Å². The molecular formula is C9H11ClN2. The molecule has 0 fully saturated rings. The lowest BCUT2D eigenvalue weighted by atomic mass is 10.2. The van der Waals surface area contributed by atoms with Crippen molar-refractivity contribution in [3.8, 4) is 0 Å². The molecule has 3 heteroatoms. The molecule has 0 aromatic heterocycles. The fourth-order valence-electron chi connectivity index (χ4n) is 0.837. The van der Waals surface area contributed by atoms with Crippen LogP contribution in [-0.2, 0) is 6.54 Å². The quantitative estimate of drug-likeness (QED) is 0.535. The summed E-state index contributed by atoms with van der Waals surface area (Å²) in [6, 6.07) is 7.58. The molecule has 0 spiro atoms. The zero-order valence-corrected chi connectivity index (χ0v) is 7.65. The van der Waals surface area contributed by atoms with Crippen molar-refractivity contribution in [3.63, 3.8) is 0 Å². The van der Waals surface area contributed by atoms with Gasteiger partial charge in [-0.2, -0.15) is 0 Å². The van der Waals surface area contributed by atoms with Crippen molar-refractivity contribution in [1.29, 1.82) is 5.41 Å². The molecule has 64 valence electrons. The molecule has 2 N–H and O–H groups in total. The molecule has 1 aromatic rings. The van der Waals surface area contributed by atoms with E-state index < -0.39 is 0 Å². The van der Waals surface area contributed by atoms with Crippen LogP contribution in [0, 0.1) is 5.41 Å². The number of amidine groups is 1. The number of hydrogen-bond acceptors (Lipinski definition) is 1. The number of rotatable bonds is 2. The van der Waals surface area contributed by atoms with Crippen LogP contribution in [0.15, 0.2) is 24.3 Å². The van der Waals surface area contributed by atoms with Gasteiger partial charge in [0.15, 0.2) is 0 Å². The first-order valence-electron chi connectivity index (χ1n) is 3.72. The van der Waals surface area contributed by atoms with Gasteiger partial charge in [0.25, 0.3) is 0 Å². The molecule has 12 heavy (non-hydrogen) atoms. The first-order valence-corrected chi connectivity index (χ1v) is 4.10. The highest BCUT2D eigenvalue weighted by Crippen LogP contribution is 2.08. The normalized spacial score (nSPS) is 9.50. The van der Waals surface area contributed by atoms with E-state index >= 15 is 0 Å². The van der Waals surface area contributed by atoms with Gasteiger partial charge >= 0.3 is 0 Å². The summed E-state index contributed by atoms with van der Waals surface area (Å²) in [5.74, 6) is 0.477. The first kappa shape index (κ1) is 9.07. The maximum Gasteiger partial charge on any atom is 0.0902 e. The maximum absolute atomic E-state index is 7.15. The van der Waals surface area contributed by atoms with Crippen LogP contribution in [0.1, 0.15) is 12.5 Å².